The zero-order valence-electron chi connectivity index (χ0n) is 17.9. The normalized spacial score (nSPS) is 11.4. The second-order valence-corrected chi connectivity index (χ2v) is 7.91. The molecule has 0 aliphatic rings. The van der Waals surface area contributed by atoms with Crippen molar-refractivity contribution in [2.75, 3.05) is 5.32 Å². The van der Waals surface area contributed by atoms with E-state index in [4.69, 9.17) is 16.3 Å². The average molecular weight is 490 g/mol. The molecular weight excluding hydrogens is 471 g/mol. The third-order valence-corrected chi connectivity index (χ3v) is 5.28. The molecule has 11 heteroatoms. The Morgan fingerprint density at radius 1 is 1.15 bits per heavy atom. The highest BCUT2D eigenvalue weighted by molar-refractivity contribution is 6.31. The molecule has 0 bridgehead atoms. The van der Waals surface area contributed by atoms with Gasteiger partial charge in [-0.3, -0.25) is 9.48 Å². The summed E-state index contributed by atoms with van der Waals surface area (Å²) in [4.78, 5) is 12.5. The minimum absolute atomic E-state index is 0.100. The van der Waals surface area contributed by atoms with Crippen LogP contribution in [0.5, 0.6) is 5.75 Å². The topological polar surface area (TPSA) is 74.0 Å². The van der Waals surface area contributed by atoms with Crippen LogP contribution in [0.4, 0.5) is 18.9 Å². The minimum atomic E-state index is -4.42. The summed E-state index contributed by atoms with van der Waals surface area (Å²) in [6, 6.07) is 11.8. The summed E-state index contributed by atoms with van der Waals surface area (Å²) in [5.41, 5.74) is 1.15. The molecule has 1 amide bonds. The van der Waals surface area contributed by atoms with E-state index in [1.807, 2.05) is 6.92 Å². The summed E-state index contributed by atoms with van der Waals surface area (Å²) in [7, 11) is 0. The Kier molecular flexibility index (Phi) is 6.60. The van der Waals surface area contributed by atoms with E-state index in [0.29, 0.717) is 22.0 Å². The lowest BCUT2D eigenvalue weighted by atomic mass is 10.1. The van der Waals surface area contributed by atoms with Crippen LogP contribution in [0.25, 0.3) is 0 Å². The number of carbonyl (C=O) groups is 1. The molecule has 2 aromatic heterocycles. The molecule has 0 spiro atoms. The maximum atomic E-state index is 12.9. The number of hydrogen-bond acceptors (Lipinski definition) is 4. The van der Waals surface area contributed by atoms with Crippen molar-refractivity contribution in [1.82, 2.24) is 19.6 Å². The van der Waals surface area contributed by atoms with Gasteiger partial charge in [0, 0.05) is 17.4 Å². The van der Waals surface area contributed by atoms with Gasteiger partial charge in [-0.25, -0.2) is 4.68 Å². The number of carbonyl (C=O) groups excluding carboxylic acids is 1. The number of nitrogens with zero attached hydrogens (tertiary/aromatic N) is 4. The van der Waals surface area contributed by atoms with Gasteiger partial charge in [0.05, 0.1) is 24.0 Å². The predicted octanol–water partition coefficient (Wildman–Crippen LogP) is 5.40. The van der Waals surface area contributed by atoms with Gasteiger partial charge in [0.2, 0.25) is 0 Å². The van der Waals surface area contributed by atoms with Gasteiger partial charge in [-0.1, -0.05) is 23.7 Å². The smallest absolute Gasteiger partial charge is 0.416 e. The monoisotopic (exact) mass is 489 g/mol. The lowest BCUT2D eigenvalue weighted by Gasteiger charge is -2.08. The standard InChI is InChI=1S/C23H19ClF3N5O2/c1-15-9-19(5-6-20(15)24)34-14-31-8-7-21(30-31)22(33)29-18-11-28-32(13-18)12-16-3-2-4-17(10-16)23(25,26)27/h2-11,13H,12,14H2,1H3,(H,29,33). The first-order chi connectivity index (χ1) is 16.2. The average Bonchev–Trinajstić information content (AvgIpc) is 3.44. The fraction of sp³-hybridized carbons (Fsp3) is 0.174. The Hall–Kier alpha value is -3.79. The summed E-state index contributed by atoms with van der Waals surface area (Å²) in [5.74, 6) is 0.163. The first-order valence-corrected chi connectivity index (χ1v) is 10.5. The molecule has 0 aliphatic heterocycles. The first-order valence-electron chi connectivity index (χ1n) is 10.1. The van der Waals surface area contributed by atoms with E-state index in [1.165, 1.54) is 27.8 Å². The highest BCUT2D eigenvalue weighted by Crippen LogP contribution is 2.29. The van der Waals surface area contributed by atoms with Crippen molar-refractivity contribution in [3.8, 4) is 5.75 Å². The van der Waals surface area contributed by atoms with E-state index >= 15 is 0 Å². The molecule has 34 heavy (non-hydrogen) atoms. The zero-order valence-corrected chi connectivity index (χ0v) is 18.6. The van der Waals surface area contributed by atoms with Crippen molar-refractivity contribution >= 4 is 23.2 Å². The predicted molar refractivity (Wildman–Crippen MR) is 120 cm³/mol. The van der Waals surface area contributed by atoms with Crippen molar-refractivity contribution in [3.05, 3.63) is 94.5 Å². The van der Waals surface area contributed by atoms with Crippen molar-refractivity contribution in [1.29, 1.82) is 0 Å². The van der Waals surface area contributed by atoms with Gasteiger partial charge < -0.3 is 10.1 Å². The van der Waals surface area contributed by atoms with Crippen molar-refractivity contribution in [3.63, 3.8) is 0 Å². The van der Waals surface area contributed by atoms with Gasteiger partial charge in [-0.05, 0) is 54.4 Å². The van der Waals surface area contributed by atoms with Crippen LogP contribution >= 0.6 is 11.6 Å². The third-order valence-electron chi connectivity index (χ3n) is 4.86. The van der Waals surface area contributed by atoms with E-state index in [-0.39, 0.29) is 19.0 Å². The maximum Gasteiger partial charge on any atom is 0.416 e. The van der Waals surface area contributed by atoms with E-state index in [1.54, 1.807) is 36.5 Å². The van der Waals surface area contributed by atoms with Gasteiger partial charge >= 0.3 is 6.18 Å². The van der Waals surface area contributed by atoms with Gasteiger partial charge in [0.25, 0.3) is 5.91 Å². The first kappa shape index (κ1) is 23.4. The largest absolute Gasteiger partial charge is 0.471 e. The van der Waals surface area contributed by atoms with Crippen LogP contribution in [-0.2, 0) is 19.5 Å². The number of anilines is 1. The van der Waals surface area contributed by atoms with Gasteiger partial charge in [0.15, 0.2) is 12.4 Å². The number of hydrogen-bond donors (Lipinski definition) is 1. The Balaban J connectivity index is 1.34. The Labute approximate surface area is 197 Å². The van der Waals surface area contributed by atoms with Gasteiger partial charge in [-0.15, -0.1) is 0 Å². The molecule has 4 rings (SSSR count). The molecule has 0 aliphatic carbocycles. The van der Waals surface area contributed by atoms with Crippen LogP contribution in [0.15, 0.2) is 67.1 Å². The summed E-state index contributed by atoms with van der Waals surface area (Å²) in [6.45, 7) is 2.09. The Morgan fingerprint density at radius 3 is 2.74 bits per heavy atom. The van der Waals surface area contributed by atoms with E-state index in [9.17, 15) is 18.0 Å². The molecule has 176 valence electrons. The van der Waals surface area contributed by atoms with E-state index in [0.717, 1.165) is 17.7 Å². The quantitative estimate of drug-likeness (QED) is 0.377. The van der Waals surface area contributed by atoms with Crippen LogP contribution in [0.3, 0.4) is 0 Å². The van der Waals surface area contributed by atoms with Crippen LogP contribution in [0.2, 0.25) is 5.02 Å². The second-order valence-electron chi connectivity index (χ2n) is 7.50. The molecule has 0 fully saturated rings. The molecule has 4 aromatic rings. The van der Waals surface area contributed by atoms with Crippen LogP contribution < -0.4 is 10.1 Å². The van der Waals surface area contributed by atoms with Crippen LogP contribution in [0.1, 0.15) is 27.2 Å². The number of rotatable bonds is 7. The molecule has 2 heterocycles. The zero-order chi connectivity index (χ0) is 24.3. The molecule has 0 atom stereocenters. The minimum Gasteiger partial charge on any atom is -0.471 e. The fourth-order valence-electron chi connectivity index (χ4n) is 3.15. The second kappa shape index (κ2) is 9.60. The molecule has 7 nitrogen and oxygen atoms in total. The molecular formula is C23H19ClF3N5O2. The molecule has 0 saturated carbocycles. The van der Waals surface area contributed by atoms with Crippen LogP contribution in [0, 0.1) is 6.92 Å². The number of benzene rings is 2. The number of alkyl halides is 3. The third kappa shape index (κ3) is 5.76. The highest BCUT2D eigenvalue weighted by atomic mass is 35.5. The van der Waals surface area contributed by atoms with Gasteiger partial charge in [-0.2, -0.15) is 23.4 Å². The van der Waals surface area contributed by atoms with Crippen LogP contribution in [-0.4, -0.2) is 25.5 Å². The summed E-state index contributed by atoms with van der Waals surface area (Å²) >= 11 is 6.00. The van der Waals surface area contributed by atoms with Gasteiger partial charge in [0.1, 0.15) is 5.75 Å². The van der Waals surface area contributed by atoms with Crippen molar-refractivity contribution in [2.45, 2.75) is 26.4 Å². The Morgan fingerprint density at radius 2 is 1.97 bits per heavy atom. The fourth-order valence-corrected chi connectivity index (χ4v) is 3.26. The van der Waals surface area contributed by atoms with E-state index < -0.39 is 17.6 Å². The summed E-state index contributed by atoms with van der Waals surface area (Å²) < 4.78 is 47.2. The lowest BCUT2D eigenvalue weighted by molar-refractivity contribution is -0.137. The molecule has 0 radical (unpaired) electrons. The van der Waals surface area contributed by atoms with E-state index in [2.05, 4.69) is 15.5 Å². The van der Waals surface area contributed by atoms with Crippen molar-refractivity contribution < 1.29 is 22.7 Å². The Bertz CT molecular complexity index is 1320. The molecule has 0 saturated heterocycles. The summed E-state index contributed by atoms with van der Waals surface area (Å²) in [6.07, 6.45) is 0.131. The molecule has 2 aromatic carbocycles. The highest BCUT2D eigenvalue weighted by Gasteiger charge is 2.30. The number of ether oxygens (including phenoxy) is 1. The lowest BCUT2D eigenvalue weighted by Crippen LogP contribution is -2.14. The SMILES string of the molecule is Cc1cc(OCn2ccc(C(=O)Nc3cnn(Cc4cccc(C(F)(F)F)c4)c3)n2)ccc1Cl. The molecule has 0 unspecified atom stereocenters. The summed E-state index contributed by atoms with van der Waals surface area (Å²) in [5, 5.41) is 11.6. The number of amides is 1. The number of aromatic nitrogens is 4. The number of nitrogens with one attached hydrogen (secondary N) is 1. The van der Waals surface area contributed by atoms with Crippen molar-refractivity contribution in [2.24, 2.45) is 0 Å². The molecule has 1 N–H and O–H groups in total. The number of halogens is 4. The maximum absolute atomic E-state index is 12.9. The number of aryl methyl sites for hydroxylation is 1.